The van der Waals surface area contributed by atoms with Crippen LogP contribution < -0.4 is 40.2 Å². The Hall–Kier alpha value is -5.82. The molecular formula is C77H81Br2Cl2I5N4O19. The summed E-state index contributed by atoms with van der Waals surface area (Å²) in [5.74, 6) is -3.91. The average molecular weight is 2230 g/mol. The zero-order valence-electron chi connectivity index (χ0n) is 59.1. The third kappa shape index (κ3) is 26.9. The first kappa shape index (κ1) is 92.1. The summed E-state index contributed by atoms with van der Waals surface area (Å²) in [7, 11) is 6.65. The number of anilines is 1. The molecule has 0 bridgehead atoms. The molecule has 32 heteroatoms. The molecule has 4 aliphatic rings. The topological polar surface area (TPSA) is 373 Å². The summed E-state index contributed by atoms with van der Waals surface area (Å²) in [6.07, 6.45) is 10.2. The number of nitrogens with one attached hydrogen (secondary N) is 4. The molecule has 0 unspecified atom stereocenters. The van der Waals surface area contributed by atoms with E-state index in [9.17, 15) is 30.3 Å². The fourth-order valence-electron chi connectivity index (χ4n) is 12.9. The fraction of sp³-hybridized carbons (Fsp3) is 0.312. The van der Waals surface area contributed by atoms with Crippen LogP contribution in [0.2, 0.25) is 5.02 Å². The van der Waals surface area contributed by atoms with E-state index in [0.29, 0.717) is 35.4 Å². The zero-order chi connectivity index (χ0) is 79.2. The second kappa shape index (κ2) is 44.6. The van der Waals surface area contributed by atoms with Crippen molar-refractivity contribution in [2.24, 2.45) is 0 Å². The van der Waals surface area contributed by atoms with Gasteiger partial charge in [0, 0.05) is 40.3 Å². The Balaban J connectivity index is 0.000000215. The molecule has 14 N–H and O–H groups in total. The highest BCUT2D eigenvalue weighted by Crippen LogP contribution is 2.43. The molecule has 0 amide bonds. The predicted molar refractivity (Wildman–Crippen MR) is 467 cm³/mol. The number of carbonyl (C=O) groups is 5. The lowest BCUT2D eigenvalue weighted by atomic mass is 9.79. The highest BCUT2D eigenvalue weighted by molar-refractivity contribution is 14.1. The molecule has 8 aromatic carbocycles. The number of methoxy groups -OCH3 is 4. The van der Waals surface area contributed by atoms with Crippen molar-refractivity contribution in [3.8, 4) is 51.7 Å². The number of fused-ring (bicyclic) bond motifs is 4. The number of aliphatic carboxylic acids is 5. The van der Waals surface area contributed by atoms with Gasteiger partial charge in [0.1, 0.15) is 28.7 Å². The van der Waals surface area contributed by atoms with E-state index in [-0.39, 0.29) is 60.0 Å². The monoisotopic (exact) mass is 2230 g/mol. The minimum atomic E-state index is -1.82. The van der Waals surface area contributed by atoms with Gasteiger partial charge in [0.25, 0.3) is 0 Å². The van der Waals surface area contributed by atoms with E-state index in [1.54, 1.807) is 52.7 Å². The summed E-state index contributed by atoms with van der Waals surface area (Å²) in [5.41, 5.74) is 15.5. The maximum absolute atomic E-state index is 10.6. The Bertz CT molecular complexity index is 4450. The van der Waals surface area contributed by atoms with Crippen molar-refractivity contribution < 1.29 is 94.0 Å². The van der Waals surface area contributed by atoms with Crippen molar-refractivity contribution in [3.05, 3.63) is 208 Å². The van der Waals surface area contributed by atoms with Gasteiger partial charge in [0.2, 0.25) is 0 Å². The van der Waals surface area contributed by atoms with Gasteiger partial charge in [0.05, 0.1) is 56.7 Å². The largest absolute Gasteiger partial charge is 0.508 e. The van der Waals surface area contributed by atoms with Crippen LogP contribution in [0.3, 0.4) is 0 Å². The number of ether oxygens (including phenoxy) is 4. The van der Waals surface area contributed by atoms with Crippen LogP contribution in [-0.2, 0) is 75.3 Å². The smallest absolute Gasteiger partial charge is 0.414 e. The lowest BCUT2D eigenvalue weighted by Crippen LogP contribution is -2.31. The second-order valence-electron chi connectivity index (χ2n) is 25.1. The molecule has 23 nitrogen and oxygen atoms in total. The normalized spacial score (nSPS) is 15.4. The van der Waals surface area contributed by atoms with E-state index in [0.717, 1.165) is 156 Å². The molecular weight excluding hydrogens is 2150 g/mol. The number of phenols is 5. The summed E-state index contributed by atoms with van der Waals surface area (Å²) in [5, 5.41) is 102. The Morgan fingerprint density at radius 1 is 0.468 bits per heavy atom. The van der Waals surface area contributed by atoms with Crippen LogP contribution in [0.25, 0.3) is 0 Å². The SMILES string of the molecule is COc1c(Br)cc(C[C@@H]2NCCc3cc(O)ccc32)cc1Br.COc1c(I)cc(C[C@@H]2NCCc3cc(Cl)c(O)cc32)cc1I.COc1cc2c(cc1O)[C@@H](Cc1cc(I)c(OC)c(I)c1)NCC2.Cl.O=C(O)C(=O)O.O=C(O)C(=O)O.O=C(O)CCCNc1ccc(C[C@H]2CCCc3cc(O)c(O)cc32)cc1I. The zero-order valence-corrected chi connectivity index (χ0v) is 74.6. The first-order chi connectivity index (χ1) is 51.3. The van der Waals surface area contributed by atoms with Crippen molar-refractivity contribution in [1.82, 2.24) is 16.0 Å². The summed E-state index contributed by atoms with van der Waals surface area (Å²) in [4.78, 5) is 47.0. The first-order valence-corrected chi connectivity index (χ1v) is 40.9. The minimum absolute atomic E-state index is 0. The maximum atomic E-state index is 10.6. The number of hydrogen-bond donors (Lipinski definition) is 14. The summed E-state index contributed by atoms with van der Waals surface area (Å²) >= 11 is 24.7. The Kier molecular flexibility index (Phi) is 37.6. The predicted octanol–water partition coefficient (Wildman–Crippen LogP) is 16.5. The number of rotatable bonds is 17. The molecule has 1 aliphatic carbocycles. The Morgan fingerprint density at radius 2 is 0.899 bits per heavy atom. The van der Waals surface area contributed by atoms with Crippen LogP contribution in [0, 0.1) is 17.9 Å². The van der Waals surface area contributed by atoms with Gasteiger partial charge in [-0.05, 0) is 405 Å². The number of hydrogen-bond acceptors (Lipinski definition) is 18. The van der Waals surface area contributed by atoms with Crippen molar-refractivity contribution in [2.75, 3.05) is 59.9 Å². The molecule has 4 atom stereocenters. The Morgan fingerprint density at radius 3 is 1.37 bits per heavy atom. The standard InChI is InChI=1S/C21H24INO4.C18H19I2NO3.C17H17Br2NO2.C17H16ClI2NO2.2C2H2O4.ClH/c22-17-10-13(6-7-18(17)23-8-2-5-21(26)27)9-14-3-1-4-15-11-19(24)20(25)12-16(14)15;1-23-17-8-11-3-4-21-15(12(11)9-16(17)22)7-10-5-13(19)18(24-2)14(20)6-10;1-22-17-14(18)6-10(7-15(17)19)8-16-13-3-2-12(21)9-11(13)4-5-20-16;1-23-17-13(19)4-9(5-14(17)20)6-15-11-8-16(22)12(18)7-10(11)2-3-21-15;2*3-1(4)2(5)6;/h6-7,10-12,14,23-25H,1-5,8-9H2,(H,26,27);5-6,8-9,15,21-22H,3-4,7H2,1-2H3;2-3,6-7,9,16,20-21H,4-5,8H2,1H3;4-5,7-8,15,21-22H,2-3,6H2,1H3;2*(H,3,4)(H,5,6);1H/t14-;15-;16-;15-;;;/m1100.../s1. The van der Waals surface area contributed by atoms with Crippen molar-refractivity contribution in [1.29, 1.82) is 0 Å². The van der Waals surface area contributed by atoms with Gasteiger partial charge in [-0.2, -0.15) is 0 Å². The van der Waals surface area contributed by atoms with Crippen LogP contribution >= 0.6 is 169 Å². The number of aryl methyl sites for hydroxylation is 1. The highest BCUT2D eigenvalue weighted by Gasteiger charge is 2.28. The van der Waals surface area contributed by atoms with Gasteiger partial charge in [0.15, 0.2) is 23.0 Å². The van der Waals surface area contributed by atoms with Gasteiger partial charge >= 0.3 is 29.8 Å². The molecule has 8 aromatic rings. The third-order valence-electron chi connectivity index (χ3n) is 17.8. The second-order valence-corrected chi connectivity index (χ2v) is 33.0. The number of halogens is 9. The lowest BCUT2D eigenvalue weighted by molar-refractivity contribution is -0.159. The van der Waals surface area contributed by atoms with E-state index in [1.807, 2.05) is 30.3 Å². The van der Waals surface area contributed by atoms with Gasteiger partial charge < -0.3 is 91.3 Å². The summed E-state index contributed by atoms with van der Waals surface area (Å²) < 4.78 is 28.9. The number of benzene rings is 8. The average Bonchev–Trinajstić information content (AvgIpc) is 0.805. The molecule has 0 saturated heterocycles. The molecule has 3 aliphatic heterocycles. The van der Waals surface area contributed by atoms with Gasteiger partial charge in [-0.3, -0.25) is 4.79 Å². The van der Waals surface area contributed by atoms with Crippen molar-refractivity contribution >= 4 is 204 Å². The number of carboxylic acids is 5. The van der Waals surface area contributed by atoms with Crippen molar-refractivity contribution in [2.45, 2.75) is 101 Å². The van der Waals surface area contributed by atoms with Crippen LogP contribution in [-0.4, -0.2) is 136 Å². The van der Waals surface area contributed by atoms with E-state index in [4.69, 9.17) is 75.3 Å². The molecule has 586 valence electrons. The summed E-state index contributed by atoms with van der Waals surface area (Å²) in [6, 6.07) is 36.4. The van der Waals surface area contributed by atoms with Crippen LogP contribution in [0.15, 0.2) is 118 Å². The number of phenolic OH excluding ortho intramolecular Hbond substituents is 5. The molecule has 0 saturated carbocycles. The van der Waals surface area contributed by atoms with E-state index in [1.165, 1.54) is 44.5 Å². The Labute approximate surface area is 726 Å². The quantitative estimate of drug-likeness (QED) is 0.0174. The third-order valence-corrected chi connectivity index (χ3v) is 23.4. The van der Waals surface area contributed by atoms with Gasteiger partial charge in [-0.25, -0.2) is 19.2 Å². The lowest BCUT2D eigenvalue weighted by Gasteiger charge is -2.28. The van der Waals surface area contributed by atoms with E-state index in [2.05, 4.69) is 221 Å². The maximum Gasteiger partial charge on any atom is 0.414 e. The van der Waals surface area contributed by atoms with Gasteiger partial charge in [-0.15, -0.1) is 12.4 Å². The van der Waals surface area contributed by atoms with E-state index >= 15 is 0 Å². The minimum Gasteiger partial charge on any atom is -0.508 e. The number of aromatic hydroxyl groups is 5. The molecule has 3 heterocycles. The van der Waals surface area contributed by atoms with Crippen molar-refractivity contribution in [3.63, 3.8) is 0 Å². The van der Waals surface area contributed by atoms with E-state index < -0.39 is 29.8 Å². The molecule has 0 fully saturated rings. The van der Waals surface area contributed by atoms with Crippen LogP contribution in [0.4, 0.5) is 5.69 Å². The molecule has 12 rings (SSSR count). The molecule has 0 radical (unpaired) electrons. The van der Waals surface area contributed by atoms with Gasteiger partial charge in [-0.1, -0.05) is 23.7 Å². The molecule has 0 aromatic heterocycles. The summed E-state index contributed by atoms with van der Waals surface area (Å²) in [6.45, 7) is 3.42. The van der Waals surface area contributed by atoms with Crippen LogP contribution in [0.1, 0.15) is 116 Å². The fourth-order valence-corrected chi connectivity index (χ4v) is 20.1. The highest BCUT2D eigenvalue weighted by atomic mass is 127. The first-order valence-electron chi connectivity index (χ1n) is 33.5. The van der Waals surface area contributed by atoms with Crippen LogP contribution in [0.5, 0.6) is 51.7 Å². The molecule has 109 heavy (non-hydrogen) atoms. The number of carboxylic acid groups (broad SMARTS) is 5. The molecule has 0 spiro atoms.